The topological polar surface area (TPSA) is 90.7 Å². The molecule has 0 atom stereocenters. The lowest BCUT2D eigenvalue weighted by atomic mass is 10.1. The van der Waals surface area contributed by atoms with Gasteiger partial charge in [-0.25, -0.2) is 4.79 Å². The molecule has 0 fully saturated rings. The van der Waals surface area contributed by atoms with Gasteiger partial charge in [-0.1, -0.05) is 30.3 Å². The van der Waals surface area contributed by atoms with Gasteiger partial charge in [0.2, 0.25) is 0 Å². The number of nitrogens with one attached hydrogen (secondary N) is 1. The third-order valence-electron chi connectivity index (χ3n) is 3.14. The highest BCUT2D eigenvalue weighted by Gasteiger charge is 2.29. The fraction of sp³-hybridized carbons (Fsp3) is 0.471. The van der Waals surface area contributed by atoms with E-state index in [2.05, 4.69) is 5.32 Å². The molecule has 1 aromatic carbocycles. The van der Waals surface area contributed by atoms with Crippen molar-refractivity contribution in [2.75, 3.05) is 13.2 Å². The first-order chi connectivity index (χ1) is 10.9. The highest BCUT2D eigenvalue weighted by Crippen LogP contribution is 2.08. The summed E-state index contributed by atoms with van der Waals surface area (Å²) in [6, 6.07) is 9.96. The Labute approximate surface area is 137 Å². The number of rotatable bonds is 10. The maximum absolute atomic E-state index is 11.5. The number of carbonyl (C=O) groups is 2. The van der Waals surface area contributed by atoms with Crippen LogP contribution in [0.5, 0.6) is 0 Å². The SMILES string of the molecule is CC(C)(OC(=O)NCCC[CH]COCc1ccccc1)C(N)=O. The lowest BCUT2D eigenvalue weighted by Crippen LogP contribution is -2.44. The van der Waals surface area contributed by atoms with Crippen LogP contribution in [-0.2, 0) is 20.9 Å². The molecule has 0 heterocycles. The molecule has 127 valence electrons. The number of hydrogen-bond donors (Lipinski definition) is 2. The number of amides is 2. The number of primary amides is 1. The standard InChI is InChI=1S/C17H25N2O4/c1-17(2,15(18)20)23-16(21)19-11-7-4-8-12-22-13-14-9-5-3-6-10-14/h3,5-6,8-10H,4,7,11-13H2,1-2H3,(H2,18,20)(H,19,21). The van der Waals surface area contributed by atoms with Gasteiger partial charge >= 0.3 is 6.09 Å². The number of alkyl carbamates (subject to hydrolysis) is 1. The van der Waals surface area contributed by atoms with Crippen molar-refractivity contribution in [1.82, 2.24) is 5.32 Å². The van der Waals surface area contributed by atoms with Crippen molar-refractivity contribution in [3.8, 4) is 0 Å². The van der Waals surface area contributed by atoms with Crippen molar-refractivity contribution >= 4 is 12.0 Å². The third-order valence-corrected chi connectivity index (χ3v) is 3.14. The molecule has 1 rings (SSSR count). The van der Waals surface area contributed by atoms with Gasteiger partial charge in [-0.2, -0.15) is 0 Å². The Hall–Kier alpha value is -2.08. The number of ether oxygens (including phenoxy) is 2. The Morgan fingerprint density at radius 2 is 1.96 bits per heavy atom. The van der Waals surface area contributed by atoms with E-state index in [0.29, 0.717) is 19.8 Å². The van der Waals surface area contributed by atoms with Crippen LogP contribution in [0.1, 0.15) is 32.3 Å². The zero-order valence-electron chi connectivity index (χ0n) is 13.7. The molecule has 1 aromatic rings. The summed E-state index contributed by atoms with van der Waals surface area (Å²) >= 11 is 0. The molecule has 0 bridgehead atoms. The first-order valence-corrected chi connectivity index (χ1v) is 7.62. The monoisotopic (exact) mass is 321 g/mol. The van der Waals surface area contributed by atoms with Crippen LogP contribution in [0.4, 0.5) is 4.79 Å². The molecular formula is C17H25N2O4. The summed E-state index contributed by atoms with van der Waals surface area (Å²) in [4.78, 5) is 22.5. The molecule has 0 spiro atoms. The fourth-order valence-corrected chi connectivity index (χ4v) is 1.67. The molecule has 0 aliphatic rings. The lowest BCUT2D eigenvalue weighted by molar-refractivity contribution is -0.133. The number of unbranched alkanes of at least 4 members (excludes halogenated alkanes) is 2. The normalized spacial score (nSPS) is 11.0. The first-order valence-electron chi connectivity index (χ1n) is 7.62. The number of carbonyl (C=O) groups excluding carboxylic acids is 2. The van der Waals surface area contributed by atoms with Crippen LogP contribution < -0.4 is 11.1 Å². The molecule has 6 nitrogen and oxygen atoms in total. The van der Waals surface area contributed by atoms with E-state index >= 15 is 0 Å². The molecule has 3 N–H and O–H groups in total. The molecule has 0 saturated carbocycles. The summed E-state index contributed by atoms with van der Waals surface area (Å²) in [5.41, 5.74) is 4.96. The lowest BCUT2D eigenvalue weighted by Gasteiger charge is -2.21. The van der Waals surface area contributed by atoms with Crippen LogP contribution in [-0.4, -0.2) is 30.8 Å². The van der Waals surface area contributed by atoms with Crippen molar-refractivity contribution in [2.24, 2.45) is 5.73 Å². The first kappa shape index (κ1) is 19.0. The van der Waals surface area contributed by atoms with Crippen molar-refractivity contribution in [1.29, 1.82) is 0 Å². The maximum Gasteiger partial charge on any atom is 0.408 e. The zero-order chi connectivity index (χ0) is 17.1. The van der Waals surface area contributed by atoms with E-state index < -0.39 is 17.6 Å². The van der Waals surface area contributed by atoms with E-state index in [1.165, 1.54) is 13.8 Å². The van der Waals surface area contributed by atoms with Gasteiger partial charge in [0.15, 0.2) is 5.60 Å². The molecular weight excluding hydrogens is 296 g/mol. The summed E-state index contributed by atoms with van der Waals surface area (Å²) in [7, 11) is 0. The van der Waals surface area contributed by atoms with Crippen molar-refractivity contribution in [3.05, 3.63) is 42.3 Å². The van der Waals surface area contributed by atoms with E-state index in [0.717, 1.165) is 18.4 Å². The van der Waals surface area contributed by atoms with Gasteiger partial charge in [0, 0.05) is 6.54 Å². The van der Waals surface area contributed by atoms with E-state index in [1.54, 1.807) is 0 Å². The number of nitrogens with two attached hydrogens (primary N) is 1. The minimum absolute atomic E-state index is 0.461. The van der Waals surface area contributed by atoms with E-state index in [4.69, 9.17) is 15.2 Å². The smallest absolute Gasteiger partial charge is 0.408 e. The van der Waals surface area contributed by atoms with Crippen LogP contribution >= 0.6 is 0 Å². The largest absolute Gasteiger partial charge is 0.433 e. The summed E-state index contributed by atoms with van der Waals surface area (Å²) in [6.45, 7) is 4.51. The van der Waals surface area contributed by atoms with Crippen molar-refractivity contribution in [2.45, 2.75) is 38.9 Å². The molecule has 23 heavy (non-hydrogen) atoms. The summed E-state index contributed by atoms with van der Waals surface area (Å²) in [5.74, 6) is -0.684. The van der Waals surface area contributed by atoms with Gasteiger partial charge in [-0.15, -0.1) is 0 Å². The van der Waals surface area contributed by atoms with Gasteiger partial charge in [0.25, 0.3) is 5.91 Å². The molecule has 0 unspecified atom stereocenters. The number of benzene rings is 1. The summed E-state index contributed by atoms with van der Waals surface area (Å²) < 4.78 is 10.5. The second kappa shape index (κ2) is 9.84. The minimum atomic E-state index is -1.30. The Kier molecular flexibility index (Phi) is 8.11. The molecule has 2 amide bonds. The van der Waals surface area contributed by atoms with Gasteiger partial charge < -0.3 is 20.5 Å². The highest BCUT2D eigenvalue weighted by atomic mass is 16.6. The van der Waals surface area contributed by atoms with Gasteiger partial charge in [0.05, 0.1) is 13.2 Å². The van der Waals surface area contributed by atoms with E-state index in [9.17, 15) is 9.59 Å². The van der Waals surface area contributed by atoms with Crippen LogP contribution in [0.25, 0.3) is 0 Å². The predicted molar refractivity (Wildman–Crippen MR) is 87.4 cm³/mol. The van der Waals surface area contributed by atoms with Gasteiger partial charge in [-0.3, -0.25) is 4.79 Å². The Bertz CT molecular complexity index is 489. The van der Waals surface area contributed by atoms with Crippen LogP contribution in [0, 0.1) is 6.42 Å². The summed E-state index contributed by atoms with van der Waals surface area (Å²) in [5, 5.41) is 2.58. The molecule has 6 heteroatoms. The van der Waals surface area contributed by atoms with Gasteiger partial charge in [-0.05, 0) is 38.7 Å². The molecule has 0 aliphatic heterocycles. The average Bonchev–Trinajstić information content (AvgIpc) is 2.50. The Morgan fingerprint density at radius 1 is 1.26 bits per heavy atom. The second-order valence-corrected chi connectivity index (χ2v) is 5.62. The highest BCUT2D eigenvalue weighted by molar-refractivity contribution is 5.85. The molecule has 0 aromatic heterocycles. The van der Waals surface area contributed by atoms with E-state index in [1.807, 2.05) is 36.8 Å². The quantitative estimate of drug-likeness (QED) is 0.646. The molecule has 0 saturated heterocycles. The minimum Gasteiger partial charge on any atom is -0.433 e. The van der Waals surface area contributed by atoms with Crippen molar-refractivity contribution in [3.63, 3.8) is 0 Å². The third kappa shape index (κ3) is 8.21. The molecule has 1 radical (unpaired) electrons. The Balaban J connectivity index is 1.99. The second-order valence-electron chi connectivity index (χ2n) is 5.62. The van der Waals surface area contributed by atoms with Crippen molar-refractivity contribution < 1.29 is 19.1 Å². The van der Waals surface area contributed by atoms with Crippen LogP contribution in [0.15, 0.2) is 30.3 Å². The summed E-state index contributed by atoms with van der Waals surface area (Å²) in [6.07, 6.45) is 2.95. The fourth-order valence-electron chi connectivity index (χ4n) is 1.67. The number of hydrogen-bond acceptors (Lipinski definition) is 4. The average molecular weight is 321 g/mol. The molecule has 0 aliphatic carbocycles. The van der Waals surface area contributed by atoms with E-state index in [-0.39, 0.29) is 0 Å². The predicted octanol–water partition coefficient (Wildman–Crippen LogP) is 2.18. The zero-order valence-corrected chi connectivity index (χ0v) is 13.7. The van der Waals surface area contributed by atoms with Crippen LogP contribution in [0.3, 0.4) is 0 Å². The van der Waals surface area contributed by atoms with Crippen LogP contribution in [0.2, 0.25) is 0 Å². The van der Waals surface area contributed by atoms with Gasteiger partial charge in [0.1, 0.15) is 0 Å². The Morgan fingerprint density at radius 3 is 2.61 bits per heavy atom. The maximum atomic E-state index is 11.5.